The van der Waals surface area contributed by atoms with Crippen LogP contribution in [0.3, 0.4) is 0 Å². The van der Waals surface area contributed by atoms with Gasteiger partial charge in [0.1, 0.15) is 0 Å². The van der Waals surface area contributed by atoms with Gasteiger partial charge in [-0.2, -0.15) is 0 Å². The molecule has 0 saturated heterocycles. The van der Waals surface area contributed by atoms with Crippen LogP contribution < -0.4 is 0 Å². The van der Waals surface area contributed by atoms with Crippen LogP contribution in [0, 0.1) is 0 Å². The van der Waals surface area contributed by atoms with Gasteiger partial charge in [0.15, 0.2) is 0 Å². The van der Waals surface area contributed by atoms with Crippen LogP contribution in [0.2, 0.25) is 0 Å². The fraction of sp³-hybridized carbons (Fsp3) is 0.667. The third-order valence-electron chi connectivity index (χ3n) is 0.302. The van der Waals surface area contributed by atoms with Gasteiger partial charge in [-0.3, -0.25) is 4.79 Å². The van der Waals surface area contributed by atoms with E-state index in [0.717, 1.165) is 0 Å². The predicted molar refractivity (Wildman–Crippen MR) is 57.3 cm³/mol. The molecule has 0 bridgehead atoms. The van der Waals surface area contributed by atoms with Gasteiger partial charge < -0.3 is 5.11 Å². The summed E-state index contributed by atoms with van der Waals surface area (Å²) in [6.07, 6.45) is 0.222. The fourth-order valence-corrected chi connectivity index (χ4v) is 0. The van der Waals surface area contributed by atoms with Gasteiger partial charge in [-0.25, -0.2) is 0 Å². The molecule has 0 aromatic rings. The van der Waals surface area contributed by atoms with Crippen LogP contribution in [-0.2, 0) is 4.79 Å². The second-order valence-electron chi connectivity index (χ2n) is 0.747. The number of aliphatic carboxylic acids is 1. The fourth-order valence-electron chi connectivity index (χ4n) is 0. The van der Waals surface area contributed by atoms with Gasteiger partial charge in [0.05, 0.1) is 0 Å². The van der Waals surface area contributed by atoms with E-state index in [-0.39, 0.29) is 78.0 Å². The summed E-state index contributed by atoms with van der Waals surface area (Å²) in [5, 5.41) is 7.72. The molecule has 0 unspecified atom stereocenters. The Kier molecular flexibility index (Phi) is 44.9. The first-order valence-corrected chi connectivity index (χ1v) is 1.49. The van der Waals surface area contributed by atoms with E-state index in [1.54, 1.807) is 6.92 Å². The van der Waals surface area contributed by atoms with Crippen LogP contribution in [0.4, 0.5) is 0 Å². The Labute approximate surface area is 99.6 Å². The summed E-state index contributed by atoms with van der Waals surface area (Å²) in [5.74, 6) is -0.745. The summed E-state index contributed by atoms with van der Waals surface area (Å²) >= 11 is 0. The van der Waals surface area contributed by atoms with E-state index in [9.17, 15) is 4.79 Å². The number of hydrogen-bond acceptors (Lipinski definition) is 1. The minimum atomic E-state index is -0.745. The first kappa shape index (κ1) is 22.6. The van der Waals surface area contributed by atoms with E-state index in [1.807, 2.05) is 0 Å². The van der Waals surface area contributed by atoms with Crippen molar-refractivity contribution in [3.63, 3.8) is 0 Å². The van der Waals surface area contributed by atoms with Gasteiger partial charge in [0, 0.05) is 6.42 Å². The van der Waals surface area contributed by atoms with Gasteiger partial charge >= 0.3 is 29.6 Å². The standard InChI is InChI=1S/C3H6O2.2HI.H2Te/c1-2-3(4)5;;;/h2H2,1H3,(H,4,5);2*1H;1H2. The second kappa shape index (κ2) is 15.9. The molecule has 0 saturated carbocycles. The second-order valence-corrected chi connectivity index (χ2v) is 0.747. The normalized spacial score (nSPS) is 4.62. The molecule has 0 amide bonds. The quantitative estimate of drug-likeness (QED) is 0.466. The van der Waals surface area contributed by atoms with Crippen LogP contribution in [0.1, 0.15) is 13.3 Å². The van der Waals surface area contributed by atoms with E-state index < -0.39 is 5.97 Å². The molecule has 0 atom stereocenters. The van der Waals surface area contributed by atoms with Crippen LogP contribution >= 0.6 is 48.0 Å². The van der Waals surface area contributed by atoms with Gasteiger partial charge in [-0.15, -0.1) is 48.0 Å². The average molecular weight is 460 g/mol. The predicted octanol–water partition coefficient (Wildman–Crippen LogP) is 0.801. The molecule has 0 aromatic carbocycles. The average Bonchev–Trinajstić information content (AvgIpc) is 1.38. The van der Waals surface area contributed by atoms with Crippen molar-refractivity contribution in [2.75, 3.05) is 0 Å². The Morgan fingerprint density at radius 3 is 1.62 bits per heavy atom. The molecule has 54 valence electrons. The molecule has 2 nitrogen and oxygen atoms in total. The molecular weight excluding hydrogens is 449 g/mol. The van der Waals surface area contributed by atoms with Gasteiger partial charge in [-0.05, 0) is 0 Å². The zero-order valence-electron chi connectivity index (χ0n) is 4.38. The maximum atomic E-state index is 9.37. The molecule has 0 aliphatic carbocycles. The molecule has 0 heterocycles. The van der Waals surface area contributed by atoms with Crippen molar-refractivity contribution >= 4 is 77.6 Å². The molecule has 8 heavy (non-hydrogen) atoms. The Morgan fingerprint density at radius 2 is 1.62 bits per heavy atom. The van der Waals surface area contributed by atoms with E-state index in [2.05, 4.69) is 0 Å². The van der Waals surface area contributed by atoms with Crippen LogP contribution in [-0.4, -0.2) is 34.7 Å². The maximum absolute atomic E-state index is 9.37. The van der Waals surface area contributed by atoms with E-state index >= 15 is 0 Å². The number of carboxylic acid groups (broad SMARTS) is 1. The number of carbonyl (C=O) groups is 1. The van der Waals surface area contributed by atoms with Crippen molar-refractivity contribution < 1.29 is 9.90 Å². The third-order valence-corrected chi connectivity index (χ3v) is 0.302. The van der Waals surface area contributed by atoms with Gasteiger partial charge in [-0.1, -0.05) is 6.92 Å². The van der Waals surface area contributed by atoms with Crippen molar-refractivity contribution in [3.05, 3.63) is 0 Å². The number of rotatable bonds is 1. The number of halogens is 2. The van der Waals surface area contributed by atoms with E-state index in [1.165, 1.54) is 0 Å². The summed E-state index contributed by atoms with van der Waals surface area (Å²) in [5.41, 5.74) is 0. The summed E-state index contributed by atoms with van der Waals surface area (Å²) in [7, 11) is 0. The van der Waals surface area contributed by atoms with Gasteiger partial charge in [0.2, 0.25) is 0 Å². The van der Waals surface area contributed by atoms with Crippen LogP contribution in [0.5, 0.6) is 0 Å². The molecule has 0 fully saturated rings. The summed E-state index contributed by atoms with van der Waals surface area (Å²) in [6, 6.07) is 0. The Balaban J connectivity index is -0.0000000267. The van der Waals surface area contributed by atoms with Crippen molar-refractivity contribution in [2.45, 2.75) is 13.3 Å². The zero-order valence-corrected chi connectivity index (χ0v) is 11.9. The molecule has 0 aromatic heterocycles. The first-order valence-electron chi connectivity index (χ1n) is 1.49. The molecule has 0 aliphatic rings. The Hall–Kier alpha value is 1.72. The monoisotopic (exact) mass is 462 g/mol. The van der Waals surface area contributed by atoms with Crippen molar-refractivity contribution in [1.82, 2.24) is 0 Å². The number of hydrogen-bond donors (Lipinski definition) is 1. The number of carboxylic acids is 1. The zero-order chi connectivity index (χ0) is 4.28. The summed E-state index contributed by atoms with van der Waals surface area (Å²) in [6.45, 7) is 1.60. The molecule has 0 radical (unpaired) electrons. The van der Waals surface area contributed by atoms with E-state index in [0.29, 0.717) is 0 Å². The van der Waals surface area contributed by atoms with Crippen molar-refractivity contribution in [2.24, 2.45) is 0 Å². The van der Waals surface area contributed by atoms with Crippen LogP contribution in [0.25, 0.3) is 0 Å². The molecule has 1 N–H and O–H groups in total. The Morgan fingerprint density at radius 1 is 1.50 bits per heavy atom. The van der Waals surface area contributed by atoms with E-state index in [4.69, 9.17) is 5.11 Å². The first-order chi connectivity index (χ1) is 2.27. The topological polar surface area (TPSA) is 37.3 Å². The SMILES string of the molecule is CCC(=O)O.I.I.[TeH2]. The molecule has 5 heteroatoms. The van der Waals surface area contributed by atoms with Crippen LogP contribution in [0.15, 0.2) is 0 Å². The molecule has 0 rings (SSSR count). The van der Waals surface area contributed by atoms with Crippen molar-refractivity contribution in [3.8, 4) is 0 Å². The van der Waals surface area contributed by atoms with Gasteiger partial charge in [0.25, 0.3) is 0 Å². The minimum absolute atomic E-state index is 0. The summed E-state index contributed by atoms with van der Waals surface area (Å²) in [4.78, 5) is 9.37. The third kappa shape index (κ3) is 25.2. The molecule has 0 spiro atoms. The molecule has 0 aliphatic heterocycles. The van der Waals surface area contributed by atoms with Crippen molar-refractivity contribution in [1.29, 1.82) is 0 Å². The summed E-state index contributed by atoms with van der Waals surface area (Å²) < 4.78 is 0. The Bertz CT molecular complexity index is 50.5. The molecular formula is C3H10I2O2Te.